The molecule has 0 unspecified atom stereocenters. The van der Waals surface area contributed by atoms with Gasteiger partial charge in [-0.1, -0.05) is 39.8 Å². The monoisotopic (exact) mass is 380 g/mol. The van der Waals surface area contributed by atoms with Gasteiger partial charge in [-0.25, -0.2) is 0 Å². The summed E-state index contributed by atoms with van der Waals surface area (Å²) in [5.74, 6) is 0. The zero-order valence-electron chi connectivity index (χ0n) is 17.5. The average molecular weight is 380 g/mol. The maximum Gasteiger partial charge on any atom is 0.150 e. The normalized spacial score (nSPS) is 16.6. The number of benzene rings is 3. The van der Waals surface area contributed by atoms with Crippen molar-refractivity contribution in [3.8, 4) is 22.3 Å². The summed E-state index contributed by atoms with van der Waals surface area (Å²) in [6.07, 6.45) is 1.86. The van der Waals surface area contributed by atoms with Crippen molar-refractivity contribution in [1.29, 1.82) is 0 Å². The Morgan fingerprint density at radius 3 is 1.86 bits per heavy atom. The van der Waals surface area contributed by atoms with E-state index < -0.39 is 0 Å². The van der Waals surface area contributed by atoms with Gasteiger partial charge in [0.25, 0.3) is 0 Å². The smallest absolute Gasteiger partial charge is 0.150 e. The maximum atomic E-state index is 11.5. The Morgan fingerprint density at radius 2 is 1.17 bits per heavy atom. The zero-order chi connectivity index (χ0) is 20.7. The van der Waals surface area contributed by atoms with Gasteiger partial charge in [0.15, 0.2) is 0 Å². The molecule has 0 amide bonds. The maximum absolute atomic E-state index is 11.5. The molecular weight excluding hydrogens is 356 g/mol. The van der Waals surface area contributed by atoms with E-state index in [0.29, 0.717) is 0 Å². The minimum Gasteiger partial charge on any atom is -0.298 e. The summed E-state index contributed by atoms with van der Waals surface area (Å²) in [6, 6.07) is 14.8. The lowest BCUT2D eigenvalue weighted by Gasteiger charge is -2.24. The van der Waals surface area contributed by atoms with Crippen LogP contribution in [-0.4, -0.2) is 12.6 Å². The van der Waals surface area contributed by atoms with Crippen LogP contribution in [0.4, 0.5) is 0 Å². The van der Waals surface area contributed by atoms with Gasteiger partial charge >= 0.3 is 0 Å². The fourth-order valence-electron chi connectivity index (χ4n) is 5.47. The largest absolute Gasteiger partial charge is 0.298 e. The molecule has 0 heterocycles. The summed E-state index contributed by atoms with van der Waals surface area (Å²) >= 11 is 0. The average Bonchev–Trinajstić information content (AvgIpc) is 3.06. The van der Waals surface area contributed by atoms with Crippen LogP contribution < -0.4 is 0 Å². The quantitative estimate of drug-likeness (QED) is 0.494. The molecule has 0 aliphatic heterocycles. The van der Waals surface area contributed by atoms with Gasteiger partial charge < -0.3 is 0 Å². The molecule has 2 aliphatic carbocycles. The van der Waals surface area contributed by atoms with Gasteiger partial charge in [-0.2, -0.15) is 0 Å². The fraction of sp³-hybridized carbons (Fsp3) is 0.259. The molecule has 5 rings (SSSR count). The topological polar surface area (TPSA) is 34.1 Å². The first-order valence-electron chi connectivity index (χ1n) is 10.1. The first-order chi connectivity index (χ1) is 13.7. The van der Waals surface area contributed by atoms with Crippen LogP contribution in [0.15, 0.2) is 42.5 Å². The molecule has 2 aliphatic rings. The number of fused-ring (bicyclic) bond motifs is 6. The molecule has 0 saturated heterocycles. The molecule has 0 radical (unpaired) electrons. The number of hydrogen-bond donors (Lipinski definition) is 0. The van der Waals surface area contributed by atoms with Crippen molar-refractivity contribution in [2.45, 2.75) is 45.4 Å². The first-order valence-corrected chi connectivity index (χ1v) is 10.1. The molecule has 0 spiro atoms. The van der Waals surface area contributed by atoms with E-state index in [9.17, 15) is 9.59 Å². The van der Waals surface area contributed by atoms with Crippen LogP contribution in [0.3, 0.4) is 0 Å². The van der Waals surface area contributed by atoms with E-state index in [1.54, 1.807) is 0 Å². The van der Waals surface area contributed by atoms with Crippen molar-refractivity contribution in [2.75, 3.05) is 0 Å². The third kappa shape index (κ3) is 2.17. The fourth-order valence-corrected chi connectivity index (χ4v) is 5.47. The minimum absolute atomic E-state index is 0.164. The van der Waals surface area contributed by atoms with E-state index >= 15 is 0 Å². The second-order valence-electron chi connectivity index (χ2n) is 9.49. The van der Waals surface area contributed by atoms with Crippen molar-refractivity contribution in [3.63, 3.8) is 0 Å². The van der Waals surface area contributed by atoms with E-state index in [-0.39, 0.29) is 10.8 Å². The highest BCUT2D eigenvalue weighted by Crippen LogP contribution is 2.56. The Kier molecular flexibility index (Phi) is 3.45. The summed E-state index contributed by atoms with van der Waals surface area (Å²) in [4.78, 5) is 22.8. The Bertz CT molecular complexity index is 1240. The molecule has 0 bridgehead atoms. The first kappa shape index (κ1) is 18.1. The lowest BCUT2D eigenvalue weighted by Crippen LogP contribution is -2.17. The molecule has 0 fully saturated rings. The van der Waals surface area contributed by atoms with Crippen molar-refractivity contribution < 1.29 is 9.59 Å². The molecule has 29 heavy (non-hydrogen) atoms. The molecular formula is C27H24O2. The van der Waals surface area contributed by atoms with Crippen molar-refractivity contribution in [2.24, 2.45) is 0 Å². The van der Waals surface area contributed by atoms with Crippen LogP contribution in [0.1, 0.15) is 76.2 Å². The van der Waals surface area contributed by atoms with Gasteiger partial charge in [0.2, 0.25) is 0 Å². The van der Waals surface area contributed by atoms with Crippen LogP contribution in [0, 0.1) is 6.92 Å². The standard InChI is InChI=1S/C27H24O2/c1-15-8-17(14-29)10-24-25(15)20-12-22-19(11-23(20)27(24,4)5)18-7-6-16(13-28)9-21(18)26(22,2)3/h6-14H,1-5H3. The van der Waals surface area contributed by atoms with Crippen LogP contribution in [0.25, 0.3) is 22.3 Å². The third-order valence-electron chi connectivity index (χ3n) is 7.08. The van der Waals surface area contributed by atoms with E-state index in [1.165, 1.54) is 44.5 Å². The molecule has 0 N–H and O–H groups in total. The number of aldehydes is 2. The summed E-state index contributed by atoms with van der Waals surface area (Å²) < 4.78 is 0. The molecule has 144 valence electrons. The van der Waals surface area contributed by atoms with Gasteiger partial charge in [-0.05, 0) is 87.3 Å². The van der Waals surface area contributed by atoms with E-state index in [4.69, 9.17) is 0 Å². The highest BCUT2D eigenvalue weighted by molar-refractivity contribution is 5.93. The van der Waals surface area contributed by atoms with E-state index in [1.807, 2.05) is 18.2 Å². The van der Waals surface area contributed by atoms with Crippen molar-refractivity contribution in [3.05, 3.63) is 81.4 Å². The molecule has 3 aromatic rings. The Balaban J connectivity index is 1.83. The Labute approximate surface area is 171 Å². The summed E-state index contributed by atoms with van der Waals surface area (Å²) in [5.41, 5.74) is 12.3. The summed E-state index contributed by atoms with van der Waals surface area (Å²) in [6.45, 7) is 11.1. The van der Waals surface area contributed by atoms with E-state index in [0.717, 1.165) is 29.3 Å². The van der Waals surface area contributed by atoms with Crippen LogP contribution >= 0.6 is 0 Å². The molecule has 2 heteroatoms. The Morgan fingerprint density at radius 1 is 0.621 bits per heavy atom. The number of rotatable bonds is 2. The zero-order valence-corrected chi connectivity index (χ0v) is 17.5. The highest BCUT2D eigenvalue weighted by atomic mass is 16.1. The van der Waals surface area contributed by atoms with Crippen LogP contribution in [-0.2, 0) is 10.8 Å². The van der Waals surface area contributed by atoms with Crippen molar-refractivity contribution in [1.82, 2.24) is 0 Å². The van der Waals surface area contributed by atoms with Gasteiger partial charge in [0.05, 0.1) is 0 Å². The molecule has 0 saturated carbocycles. The highest BCUT2D eigenvalue weighted by Gasteiger charge is 2.42. The predicted molar refractivity (Wildman–Crippen MR) is 117 cm³/mol. The molecule has 0 aromatic heterocycles. The second-order valence-corrected chi connectivity index (χ2v) is 9.49. The van der Waals surface area contributed by atoms with Gasteiger partial charge in [0, 0.05) is 22.0 Å². The summed E-state index contributed by atoms with van der Waals surface area (Å²) in [5, 5.41) is 0. The van der Waals surface area contributed by atoms with Crippen LogP contribution in [0.2, 0.25) is 0 Å². The van der Waals surface area contributed by atoms with E-state index in [2.05, 4.69) is 58.9 Å². The van der Waals surface area contributed by atoms with Crippen LogP contribution in [0.5, 0.6) is 0 Å². The third-order valence-corrected chi connectivity index (χ3v) is 7.08. The van der Waals surface area contributed by atoms with Crippen molar-refractivity contribution >= 4 is 12.6 Å². The number of carbonyl (C=O) groups excluding carboxylic acids is 2. The second kappa shape index (κ2) is 5.54. The molecule has 2 nitrogen and oxygen atoms in total. The lowest BCUT2D eigenvalue weighted by molar-refractivity contribution is 0.111. The number of aryl methyl sites for hydroxylation is 1. The lowest BCUT2D eigenvalue weighted by atomic mass is 9.79. The van der Waals surface area contributed by atoms with Gasteiger partial charge in [0.1, 0.15) is 12.6 Å². The van der Waals surface area contributed by atoms with Gasteiger partial charge in [-0.15, -0.1) is 0 Å². The molecule has 0 atom stereocenters. The minimum atomic E-state index is -0.168. The van der Waals surface area contributed by atoms with Gasteiger partial charge in [-0.3, -0.25) is 9.59 Å². The number of carbonyl (C=O) groups is 2. The molecule has 3 aromatic carbocycles. The number of hydrogen-bond acceptors (Lipinski definition) is 2. The SMILES string of the molecule is Cc1cc(C=O)cc2c1-c1cc3c(cc1C2(C)C)-c1ccc(C=O)cc1C3(C)C. The Hall–Kier alpha value is -3.00. The predicted octanol–water partition coefficient (Wildman–Crippen LogP) is 6.23. The summed E-state index contributed by atoms with van der Waals surface area (Å²) in [7, 11) is 0.